The Morgan fingerprint density at radius 2 is 1.97 bits per heavy atom. The quantitative estimate of drug-likeness (QED) is 0.238. The molecular weight excluding hydrogens is 499 g/mol. The minimum absolute atomic E-state index is 0.194. The molecule has 39 heavy (non-hydrogen) atoms. The SMILES string of the molecule is CC(C)(O)[C@H](F)CNC(=O)c1cnc(-c2ccc3cc(C#N)cnn23)cc1Nc1ccc(-c2ccn[nH]2)cc1. The molecule has 0 fully saturated rings. The minimum Gasteiger partial charge on any atom is -0.387 e. The maximum absolute atomic E-state index is 14.3. The Bertz CT molecular complexity index is 1670. The van der Waals surface area contributed by atoms with Crippen LogP contribution in [-0.2, 0) is 0 Å². The van der Waals surface area contributed by atoms with Crippen LogP contribution in [0.4, 0.5) is 15.8 Å². The van der Waals surface area contributed by atoms with Gasteiger partial charge in [0.15, 0.2) is 0 Å². The average molecular weight is 525 g/mol. The van der Waals surface area contributed by atoms with Crippen LogP contribution < -0.4 is 10.6 Å². The fourth-order valence-corrected chi connectivity index (χ4v) is 3.97. The summed E-state index contributed by atoms with van der Waals surface area (Å²) in [4.78, 5) is 17.6. The molecule has 0 aliphatic rings. The first kappa shape index (κ1) is 25.6. The number of aromatic nitrogens is 5. The lowest BCUT2D eigenvalue weighted by Gasteiger charge is -2.22. The second kappa shape index (κ2) is 10.4. The summed E-state index contributed by atoms with van der Waals surface area (Å²) in [6, 6.07) is 18.6. The van der Waals surface area contributed by atoms with Crippen molar-refractivity contribution in [3.63, 3.8) is 0 Å². The van der Waals surface area contributed by atoms with Gasteiger partial charge in [0.2, 0.25) is 0 Å². The van der Waals surface area contributed by atoms with Crippen LogP contribution in [0.3, 0.4) is 0 Å². The molecule has 0 bridgehead atoms. The highest BCUT2D eigenvalue weighted by Gasteiger charge is 2.27. The second-order valence-corrected chi connectivity index (χ2v) is 9.53. The molecule has 5 rings (SSSR count). The summed E-state index contributed by atoms with van der Waals surface area (Å²) in [6.07, 6.45) is 2.89. The molecule has 1 aromatic carbocycles. The maximum Gasteiger partial charge on any atom is 0.255 e. The van der Waals surface area contributed by atoms with Crippen LogP contribution in [0.1, 0.15) is 29.8 Å². The van der Waals surface area contributed by atoms with E-state index in [1.54, 1.807) is 22.8 Å². The van der Waals surface area contributed by atoms with Gasteiger partial charge in [0.1, 0.15) is 12.2 Å². The first-order chi connectivity index (χ1) is 18.7. The number of halogens is 1. The molecule has 0 unspecified atom stereocenters. The monoisotopic (exact) mass is 524 g/mol. The third-order valence-corrected chi connectivity index (χ3v) is 6.22. The van der Waals surface area contributed by atoms with Crippen LogP contribution in [0.15, 0.2) is 73.2 Å². The number of anilines is 2. The van der Waals surface area contributed by atoms with Gasteiger partial charge in [-0.3, -0.25) is 14.9 Å². The number of nitrogens with one attached hydrogen (secondary N) is 3. The van der Waals surface area contributed by atoms with Gasteiger partial charge in [-0.15, -0.1) is 0 Å². The molecule has 4 heterocycles. The van der Waals surface area contributed by atoms with Crippen molar-refractivity contribution in [1.29, 1.82) is 5.26 Å². The summed E-state index contributed by atoms with van der Waals surface area (Å²) in [7, 11) is 0. The molecule has 0 spiro atoms. The summed E-state index contributed by atoms with van der Waals surface area (Å²) >= 11 is 0. The number of rotatable bonds is 8. The third-order valence-electron chi connectivity index (χ3n) is 6.22. The Hall–Kier alpha value is -5.08. The molecule has 4 N–H and O–H groups in total. The van der Waals surface area contributed by atoms with E-state index in [9.17, 15) is 19.6 Å². The van der Waals surface area contributed by atoms with Gasteiger partial charge in [-0.2, -0.15) is 15.5 Å². The number of amides is 1. The summed E-state index contributed by atoms with van der Waals surface area (Å²) in [5.74, 6) is -0.547. The van der Waals surface area contributed by atoms with E-state index < -0.39 is 17.7 Å². The van der Waals surface area contributed by atoms with Crippen molar-refractivity contribution in [2.24, 2.45) is 0 Å². The number of benzene rings is 1. The number of hydrogen-bond acceptors (Lipinski definition) is 7. The highest BCUT2D eigenvalue weighted by atomic mass is 19.1. The Balaban J connectivity index is 1.49. The normalized spacial score (nSPS) is 12.2. The predicted octanol–water partition coefficient (Wildman–Crippen LogP) is 4.24. The number of pyridine rings is 1. The molecular formula is C28H25FN8O2. The smallest absolute Gasteiger partial charge is 0.255 e. The maximum atomic E-state index is 14.3. The van der Waals surface area contributed by atoms with Gasteiger partial charge in [0.25, 0.3) is 5.91 Å². The molecule has 1 atom stereocenters. The van der Waals surface area contributed by atoms with E-state index in [1.807, 2.05) is 42.5 Å². The lowest BCUT2D eigenvalue weighted by molar-refractivity contribution is -0.00177. The number of hydrogen-bond donors (Lipinski definition) is 4. The Kier molecular flexibility index (Phi) is 6.79. The van der Waals surface area contributed by atoms with Crippen molar-refractivity contribution in [1.82, 2.24) is 30.1 Å². The molecule has 0 saturated heterocycles. The number of nitriles is 1. The van der Waals surface area contributed by atoms with Crippen LogP contribution in [0.5, 0.6) is 0 Å². The molecule has 0 saturated carbocycles. The number of carbonyl (C=O) groups is 1. The Morgan fingerprint density at radius 1 is 1.18 bits per heavy atom. The van der Waals surface area contributed by atoms with E-state index in [0.717, 1.165) is 16.8 Å². The van der Waals surface area contributed by atoms with Gasteiger partial charge in [-0.25, -0.2) is 8.91 Å². The zero-order valence-electron chi connectivity index (χ0n) is 21.2. The fourth-order valence-electron chi connectivity index (χ4n) is 3.97. The van der Waals surface area contributed by atoms with E-state index in [2.05, 4.69) is 37.0 Å². The van der Waals surface area contributed by atoms with E-state index >= 15 is 0 Å². The van der Waals surface area contributed by atoms with Crippen LogP contribution in [-0.4, -0.2) is 54.1 Å². The number of H-pyrrole nitrogens is 1. The molecule has 1 amide bonds. The molecule has 10 nitrogen and oxygen atoms in total. The van der Waals surface area contributed by atoms with Crippen LogP contribution in [0.2, 0.25) is 0 Å². The highest BCUT2D eigenvalue weighted by molar-refractivity contribution is 6.00. The Morgan fingerprint density at radius 3 is 2.67 bits per heavy atom. The number of aromatic amines is 1. The number of alkyl halides is 1. The Labute approximate surface area is 223 Å². The predicted molar refractivity (Wildman–Crippen MR) is 144 cm³/mol. The largest absolute Gasteiger partial charge is 0.387 e. The number of aliphatic hydroxyl groups is 1. The van der Waals surface area contributed by atoms with Crippen LogP contribution in [0, 0.1) is 11.3 Å². The third kappa shape index (κ3) is 5.46. The number of carbonyl (C=O) groups excluding carboxylic acids is 1. The molecule has 0 radical (unpaired) electrons. The van der Waals surface area contributed by atoms with Crippen LogP contribution >= 0.6 is 0 Å². The standard InChI is InChI=1S/C28H25FN8O2/c1-28(2,39)26(29)16-32-27(38)21-15-31-24(25-8-7-20-11-17(13-30)14-34-37(20)25)12-23(21)35-19-5-3-18(4-6-19)22-9-10-33-36-22/h3-12,14-15,26,39H,16H2,1-2H3,(H,31,35)(H,32,38)(H,33,36)/t26-/m1/s1. The van der Waals surface area contributed by atoms with E-state index in [1.165, 1.54) is 26.2 Å². The van der Waals surface area contributed by atoms with Gasteiger partial charge in [-0.05, 0) is 61.9 Å². The number of nitrogens with zero attached hydrogens (tertiary/aromatic N) is 5. The van der Waals surface area contributed by atoms with Gasteiger partial charge in [0.05, 0.1) is 57.8 Å². The zero-order valence-corrected chi connectivity index (χ0v) is 21.2. The lowest BCUT2D eigenvalue weighted by Crippen LogP contribution is -2.42. The lowest BCUT2D eigenvalue weighted by atomic mass is 10.0. The van der Waals surface area contributed by atoms with E-state index in [-0.39, 0.29) is 12.1 Å². The minimum atomic E-state index is -1.66. The van der Waals surface area contributed by atoms with E-state index in [4.69, 9.17) is 0 Å². The van der Waals surface area contributed by atoms with Crippen molar-refractivity contribution in [3.8, 4) is 28.7 Å². The zero-order chi connectivity index (χ0) is 27.6. The highest BCUT2D eigenvalue weighted by Crippen LogP contribution is 2.29. The van der Waals surface area contributed by atoms with E-state index in [0.29, 0.717) is 28.3 Å². The van der Waals surface area contributed by atoms with Crippen molar-refractivity contribution < 1.29 is 14.3 Å². The van der Waals surface area contributed by atoms with Crippen molar-refractivity contribution in [2.45, 2.75) is 25.6 Å². The summed E-state index contributed by atoms with van der Waals surface area (Å²) in [5, 5.41) is 36.1. The molecule has 11 heteroatoms. The van der Waals surface area contributed by atoms with Crippen molar-refractivity contribution in [3.05, 3.63) is 84.3 Å². The molecule has 0 aliphatic carbocycles. The molecule has 4 aromatic heterocycles. The second-order valence-electron chi connectivity index (χ2n) is 9.53. The summed E-state index contributed by atoms with van der Waals surface area (Å²) in [6.45, 7) is 2.32. The average Bonchev–Trinajstić information content (AvgIpc) is 3.61. The molecule has 5 aromatic rings. The topological polar surface area (TPSA) is 144 Å². The number of fused-ring (bicyclic) bond motifs is 1. The molecule has 0 aliphatic heterocycles. The van der Waals surface area contributed by atoms with Crippen molar-refractivity contribution >= 4 is 22.8 Å². The first-order valence-corrected chi connectivity index (χ1v) is 12.1. The fraction of sp³-hybridized carbons (Fsp3) is 0.179. The van der Waals surface area contributed by atoms with Gasteiger partial charge in [-0.1, -0.05) is 12.1 Å². The summed E-state index contributed by atoms with van der Waals surface area (Å²) < 4.78 is 16.0. The van der Waals surface area contributed by atoms with Gasteiger partial charge >= 0.3 is 0 Å². The summed E-state index contributed by atoms with van der Waals surface area (Å²) in [5.41, 5.74) is 3.89. The van der Waals surface area contributed by atoms with Gasteiger partial charge < -0.3 is 15.7 Å². The van der Waals surface area contributed by atoms with Crippen LogP contribution in [0.25, 0.3) is 28.2 Å². The van der Waals surface area contributed by atoms with Crippen molar-refractivity contribution in [2.75, 3.05) is 11.9 Å². The first-order valence-electron chi connectivity index (χ1n) is 12.1. The van der Waals surface area contributed by atoms with Gasteiger partial charge in [0, 0.05) is 18.1 Å². The molecule has 196 valence electrons.